The third-order valence-electron chi connectivity index (χ3n) is 4.06. The molecule has 1 aromatic heterocycles. The molecule has 5 nitrogen and oxygen atoms in total. The summed E-state index contributed by atoms with van der Waals surface area (Å²) in [6.07, 6.45) is 3.77. The minimum Gasteiger partial charge on any atom is -0.392 e. The van der Waals surface area contributed by atoms with Crippen molar-refractivity contribution in [3.63, 3.8) is 0 Å². The molecule has 0 saturated heterocycles. The molecular weight excluding hydrogens is 278 g/mol. The zero-order valence-corrected chi connectivity index (χ0v) is 13.0. The van der Waals surface area contributed by atoms with Crippen LogP contribution in [0.25, 0.3) is 0 Å². The Morgan fingerprint density at radius 3 is 2.77 bits per heavy atom. The molecule has 5 heteroatoms. The molecule has 1 saturated carbocycles. The van der Waals surface area contributed by atoms with Crippen LogP contribution >= 0.6 is 0 Å². The number of nitrogens with zero attached hydrogens (tertiary/aromatic N) is 3. The zero-order valence-electron chi connectivity index (χ0n) is 13.0. The van der Waals surface area contributed by atoms with E-state index in [9.17, 15) is 5.11 Å². The molecule has 1 fully saturated rings. The van der Waals surface area contributed by atoms with Crippen LogP contribution in [0.5, 0.6) is 0 Å². The van der Waals surface area contributed by atoms with Crippen molar-refractivity contribution < 1.29 is 9.63 Å². The average Bonchev–Trinajstić information content (AvgIpc) is 3.28. The molecule has 0 spiro atoms. The Bertz CT molecular complexity index is 581. The van der Waals surface area contributed by atoms with Crippen LogP contribution in [0.2, 0.25) is 0 Å². The number of aryl methyl sites for hydroxylation is 2. The van der Waals surface area contributed by atoms with Gasteiger partial charge in [0.05, 0.1) is 12.6 Å². The first-order valence-corrected chi connectivity index (χ1v) is 7.92. The highest BCUT2D eigenvalue weighted by Gasteiger charge is 2.30. The molecule has 1 unspecified atom stereocenters. The monoisotopic (exact) mass is 301 g/mol. The molecule has 1 heterocycles. The molecule has 1 aromatic carbocycles. The number of benzene rings is 1. The normalized spacial score (nSPS) is 16.1. The van der Waals surface area contributed by atoms with Gasteiger partial charge in [0.25, 0.3) is 0 Å². The molecular formula is C17H23N3O2. The Labute approximate surface area is 131 Å². The van der Waals surface area contributed by atoms with Crippen LogP contribution < -0.4 is 0 Å². The van der Waals surface area contributed by atoms with Gasteiger partial charge in [-0.05, 0) is 37.8 Å². The maximum Gasteiger partial charge on any atom is 0.240 e. The highest BCUT2D eigenvalue weighted by molar-refractivity contribution is 5.15. The van der Waals surface area contributed by atoms with Gasteiger partial charge in [0.2, 0.25) is 5.89 Å². The number of likely N-dealkylation sites (N-methyl/N-ethyl adjacent to an activating group) is 1. The Hall–Kier alpha value is -1.72. The quantitative estimate of drug-likeness (QED) is 0.808. The van der Waals surface area contributed by atoms with Crippen molar-refractivity contribution in [1.82, 2.24) is 15.0 Å². The lowest BCUT2D eigenvalue weighted by atomic mass is 10.1. The molecule has 2 aromatic rings. The standard InChI is InChI=1S/C17H23N3O2/c1-20(11-15(21)14-8-9-14)12-17-18-16(19-22-17)10-7-13-5-3-2-4-6-13/h2-6,14-15,21H,7-12H2,1H3. The summed E-state index contributed by atoms with van der Waals surface area (Å²) in [5.74, 6) is 1.86. The van der Waals surface area contributed by atoms with Crippen molar-refractivity contribution in [2.24, 2.45) is 5.92 Å². The third kappa shape index (κ3) is 4.39. The largest absolute Gasteiger partial charge is 0.392 e. The molecule has 1 aliphatic rings. The fourth-order valence-electron chi connectivity index (χ4n) is 2.60. The third-order valence-corrected chi connectivity index (χ3v) is 4.06. The molecule has 3 rings (SSSR count). The minimum absolute atomic E-state index is 0.231. The van der Waals surface area contributed by atoms with Crippen molar-refractivity contribution in [2.45, 2.75) is 38.3 Å². The molecule has 1 N–H and O–H groups in total. The number of aliphatic hydroxyl groups excluding tert-OH is 1. The highest BCUT2D eigenvalue weighted by atomic mass is 16.5. The van der Waals surface area contributed by atoms with Gasteiger partial charge in [0.15, 0.2) is 5.82 Å². The molecule has 0 amide bonds. The first-order valence-electron chi connectivity index (χ1n) is 7.92. The van der Waals surface area contributed by atoms with Gasteiger partial charge in [-0.15, -0.1) is 0 Å². The number of hydrogen-bond donors (Lipinski definition) is 1. The van der Waals surface area contributed by atoms with E-state index in [1.807, 2.05) is 30.1 Å². The van der Waals surface area contributed by atoms with Gasteiger partial charge in [-0.3, -0.25) is 4.90 Å². The van der Waals surface area contributed by atoms with Crippen LogP contribution in [-0.4, -0.2) is 39.8 Å². The second-order valence-corrected chi connectivity index (χ2v) is 6.19. The average molecular weight is 301 g/mol. The van der Waals surface area contributed by atoms with Crippen LogP contribution in [-0.2, 0) is 19.4 Å². The van der Waals surface area contributed by atoms with Gasteiger partial charge >= 0.3 is 0 Å². The fourth-order valence-corrected chi connectivity index (χ4v) is 2.60. The van der Waals surface area contributed by atoms with E-state index in [-0.39, 0.29) is 6.10 Å². The van der Waals surface area contributed by atoms with Gasteiger partial charge in [0.1, 0.15) is 0 Å². The van der Waals surface area contributed by atoms with E-state index in [0.29, 0.717) is 24.9 Å². The maximum atomic E-state index is 9.94. The zero-order chi connectivity index (χ0) is 15.4. The molecule has 1 aliphatic carbocycles. The number of hydrogen-bond acceptors (Lipinski definition) is 5. The van der Waals surface area contributed by atoms with E-state index in [4.69, 9.17) is 4.52 Å². The predicted octanol–water partition coefficient (Wildman–Crippen LogP) is 2.06. The van der Waals surface area contributed by atoms with Crippen molar-refractivity contribution in [2.75, 3.05) is 13.6 Å². The summed E-state index contributed by atoms with van der Waals surface area (Å²) in [5.41, 5.74) is 1.28. The van der Waals surface area contributed by atoms with E-state index in [2.05, 4.69) is 22.3 Å². The first-order chi connectivity index (χ1) is 10.7. The van der Waals surface area contributed by atoms with Gasteiger partial charge in [-0.25, -0.2) is 0 Å². The minimum atomic E-state index is -0.231. The molecule has 22 heavy (non-hydrogen) atoms. The van der Waals surface area contributed by atoms with E-state index >= 15 is 0 Å². The summed E-state index contributed by atoms with van der Waals surface area (Å²) < 4.78 is 5.30. The van der Waals surface area contributed by atoms with Crippen LogP contribution in [0.4, 0.5) is 0 Å². The first kappa shape index (κ1) is 15.2. The molecule has 0 bridgehead atoms. The summed E-state index contributed by atoms with van der Waals surface area (Å²) in [6.45, 7) is 1.24. The lowest BCUT2D eigenvalue weighted by Gasteiger charge is -2.18. The Balaban J connectivity index is 1.46. The van der Waals surface area contributed by atoms with E-state index in [0.717, 1.165) is 31.5 Å². The van der Waals surface area contributed by atoms with Crippen molar-refractivity contribution in [1.29, 1.82) is 0 Å². The number of rotatable bonds is 8. The SMILES string of the molecule is CN(Cc1nc(CCc2ccccc2)no1)CC(O)C1CC1. The number of aliphatic hydroxyl groups is 1. The summed E-state index contributed by atoms with van der Waals surface area (Å²) in [7, 11) is 1.97. The van der Waals surface area contributed by atoms with E-state index < -0.39 is 0 Å². The van der Waals surface area contributed by atoms with Crippen molar-refractivity contribution in [3.8, 4) is 0 Å². The lowest BCUT2D eigenvalue weighted by molar-refractivity contribution is 0.0992. The summed E-state index contributed by atoms with van der Waals surface area (Å²) >= 11 is 0. The van der Waals surface area contributed by atoms with Crippen LogP contribution in [0.3, 0.4) is 0 Å². The second-order valence-electron chi connectivity index (χ2n) is 6.19. The Morgan fingerprint density at radius 1 is 1.27 bits per heavy atom. The Morgan fingerprint density at radius 2 is 2.05 bits per heavy atom. The van der Waals surface area contributed by atoms with Gasteiger partial charge in [-0.2, -0.15) is 4.98 Å². The maximum absolute atomic E-state index is 9.94. The van der Waals surface area contributed by atoms with Crippen LogP contribution in [0, 0.1) is 5.92 Å². The van der Waals surface area contributed by atoms with Crippen molar-refractivity contribution >= 4 is 0 Å². The summed E-state index contributed by atoms with van der Waals surface area (Å²) in [5, 5.41) is 14.0. The predicted molar refractivity (Wildman–Crippen MR) is 83.2 cm³/mol. The van der Waals surface area contributed by atoms with Crippen LogP contribution in [0.1, 0.15) is 30.1 Å². The van der Waals surface area contributed by atoms with Crippen LogP contribution in [0.15, 0.2) is 34.9 Å². The smallest absolute Gasteiger partial charge is 0.240 e. The second kappa shape index (κ2) is 7.03. The molecule has 118 valence electrons. The molecule has 0 aliphatic heterocycles. The molecule has 0 radical (unpaired) electrons. The highest BCUT2D eigenvalue weighted by Crippen LogP contribution is 2.32. The summed E-state index contributed by atoms with van der Waals surface area (Å²) in [4.78, 5) is 6.47. The van der Waals surface area contributed by atoms with Gasteiger partial charge < -0.3 is 9.63 Å². The topological polar surface area (TPSA) is 62.4 Å². The molecule has 1 atom stereocenters. The number of aromatic nitrogens is 2. The van der Waals surface area contributed by atoms with Gasteiger partial charge in [-0.1, -0.05) is 35.5 Å². The fraction of sp³-hybridized carbons (Fsp3) is 0.529. The lowest BCUT2D eigenvalue weighted by Crippen LogP contribution is -2.30. The van der Waals surface area contributed by atoms with E-state index in [1.54, 1.807) is 0 Å². The summed E-state index contributed by atoms with van der Waals surface area (Å²) in [6, 6.07) is 10.3. The Kier molecular flexibility index (Phi) is 4.85. The van der Waals surface area contributed by atoms with E-state index in [1.165, 1.54) is 5.56 Å². The van der Waals surface area contributed by atoms with Crippen molar-refractivity contribution in [3.05, 3.63) is 47.6 Å². The van der Waals surface area contributed by atoms with Gasteiger partial charge in [0, 0.05) is 13.0 Å².